The monoisotopic (exact) mass is 300 g/mol. The van der Waals surface area contributed by atoms with Gasteiger partial charge in [0.05, 0.1) is 0 Å². The topological polar surface area (TPSA) is 52.8 Å². The summed E-state index contributed by atoms with van der Waals surface area (Å²) in [5.41, 5.74) is 5.54. The quantitative estimate of drug-likeness (QED) is 0.586. The molecule has 5 nitrogen and oxygen atoms in total. The van der Waals surface area contributed by atoms with E-state index in [0.29, 0.717) is 12.5 Å². The van der Waals surface area contributed by atoms with Crippen LogP contribution in [0, 0.1) is 5.92 Å². The van der Waals surface area contributed by atoms with E-state index in [1.54, 1.807) is 0 Å². The molecule has 0 aromatic rings. The summed E-state index contributed by atoms with van der Waals surface area (Å²) in [4.78, 5) is 18.9. The van der Waals surface area contributed by atoms with Gasteiger partial charge in [0.1, 0.15) is 0 Å². The van der Waals surface area contributed by atoms with Gasteiger partial charge >= 0.3 is 0 Å². The van der Waals surface area contributed by atoms with Gasteiger partial charge in [-0.2, -0.15) is 0 Å². The maximum atomic E-state index is 12.6. The van der Waals surface area contributed by atoms with Crippen molar-refractivity contribution in [3.63, 3.8) is 0 Å². The molecule has 0 spiro atoms. The van der Waals surface area contributed by atoms with Crippen LogP contribution < -0.4 is 5.73 Å². The highest BCUT2D eigenvalue weighted by atomic mass is 16.2. The summed E-state index contributed by atoms with van der Waals surface area (Å²) < 4.78 is 0. The van der Waals surface area contributed by atoms with Crippen LogP contribution >= 0.6 is 0 Å². The molecule has 0 bridgehead atoms. The number of amides is 1. The van der Waals surface area contributed by atoms with Gasteiger partial charge in [0.25, 0.3) is 0 Å². The standard InChI is InChI=1S/C16H36N4O/c1-15(9-6-10-17)16(21)20(13-7-11-18(2)3)14-8-12-19(4)5/h15H,6-14,17H2,1-5H3. The van der Waals surface area contributed by atoms with Crippen molar-refractivity contribution in [2.24, 2.45) is 11.7 Å². The van der Waals surface area contributed by atoms with E-state index in [1.165, 1.54) is 0 Å². The molecule has 0 aromatic heterocycles. The number of hydrogen-bond donors (Lipinski definition) is 1. The van der Waals surface area contributed by atoms with Crippen molar-refractivity contribution in [1.82, 2.24) is 14.7 Å². The minimum atomic E-state index is 0.0901. The Kier molecular flexibility index (Phi) is 11.6. The van der Waals surface area contributed by atoms with Crippen LogP contribution in [0.3, 0.4) is 0 Å². The molecular weight excluding hydrogens is 264 g/mol. The predicted octanol–water partition coefficient (Wildman–Crippen LogP) is 1.09. The summed E-state index contributed by atoms with van der Waals surface area (Å²) in [7, 11) is 8.29. The van der Waals surface area contributed by atoms with E-state index in [2.05, 4.69) is 38.0 Å². The Morgan fingerprint density at radius 2 is 1.38 bits per heavy atom. The summed E-state index contributed by atoms with van der Waals surface area (Å²) in [6, 6.07) is 0. The van der Waals surface area contributed by atoms with Crippen LogP contribution in [0.2, 0.25) is 0 Å². The maximum absolute atomic E-state index is 12.6. The number of rotatable bonds is 12. The molecule has 0 fully saturated rings. The minimum absolute atomic E-state index is 0.0901. The van der Waals surface area contributed by atoms with Crippen LogP contribution in [-0.2, 0) is 4.79 Å². The number of nitrogens with zero attached hydrogens (tertiary/aromatic N) is 3. The molecule has 21 heavy (non-hydrogen) atoms. The van der Waals surface area contributed by atoms with Gasteiger partial charge in [0.15, 0.2) is 0 Å². The normalized spacial score (nSPS) is 13.0. The fourth-order valence-corrected chi connectivity index (χ4v) is 2.35. The SMILES string of the molecule is CC(CCCN)C(=O)N(CCCN(C)C)CCCN(C)C. The Labute approximate surface area is 131 Å². The summed E-state index contributed by atoms with van der Waals surface area (Å²) >= 11 is 0. The molecule has 2 N–H and O–H groups in total. The Morgan fingerprint density at radius 3 is 1.76 bits per heavy atom. The fourth-order valence-electron chi connectivity index (χ4n) is 2.35. The molecule has 126 valence electrons. The van der Waals surface area contributed by atoms with E-state index in [4.69, 9.17) is 5.73 Å². The molecule has 0 heterocycles. The van der Waals surface area contributed by atoms with Gasteiger partial charge in [-0.15, -0.1) is 0 Å². The van der Waals surface area contributed by atoms with Crippen LogP contribution in [0.15, 0.2) is 0 Å². The zero-order valence-electron chi connectivity index (χ0n) is 14.8. The lowest BCUT2D eigenvalue weighted by molar-refractivity contribution is -0.135. The average molecular weight is 300 g/mol. The van der Waals surface area contributed by atoms with Crippen LogP contribution in [0.5, 0.6) is 0 Å². The van der Waals surface area contributed by atoms with E-state index in [0.717, 1.165) is 51.9 Å². The first kappa shape index (κ1) is 20.3. The van der Waals surface area contributed by atoms with Crippen molar-refractivity contribution in [3.05, 3.63) is 0 Å². The minimum Gasteiger partial charge on any atom is -0.342 e. The van der Waals surface area contributed by atoms with Gasteiger partial charge < -0.3 is 20.4 Å². The first-order valence-electron chi connectivity index (χ1n) is 8.16. The molecular formula is C16H36N4O. The summed E-state index contributed by atoms with van der Waals surface area (Å²) in [6.07, 6.45) is 3.89. The first-order chi connectivity index (χ1) is 9.88. The lowest BCUT2D eigenvalue weighted by Crippen LogP contribution is -2.38. The smallest absolute Gasteiger partial charge is 0.225 e. The molecule has 0 aromatic carbocycles. The second-order valence-electron chi connectivity index (χ2n) is 6.47. The van der Waals surface area contributed by atoms with Gasteiger partial charge in [-0.25, -0.2) is 0 Å². The van der Waals surface area contributed by atoms with E-state index >= 15 is 0 Å². The fraction of sp³-hybridized carbons (Fsp3) is 0.938. The highest BCUT2D eigenvalue weighted by Crippen LogP contribution is 2.11. The van der Waals surface area contributed by atoms with Crippen molar-refractivity contribution in [3.8, 4) is 0 Å². The molecule has 5 heteroatoms. The Morgan fingerprint density at radius 1 is 0.905 bits per heavy atom. The van der Waals surface area contributed by atoms with E-state index < -0.39 is 0 Å². The number of nitrogens with two attached hydrogens (primary N) is 1. The zero-order valence-corrected chi connectivity index (χ0v) is 14.8. The molecule has 0 aliphatic carbocycles. The summed E-state index contributed by atoms with van der Waals surface area (Å²) in [5, 5.41) is 0. The van der Waals surface area contributed by atoms with Gasteiger partial charge in [0.2, 0.25) is 5.91 Å². The summed E-state index contributed by atoms with van der Waals surface area (Å²) in [6.45, 7) is 6.46. The van der Waals surface area contributed by atoms with Crippen LogP contribution in [0.4, 0.5) is 0 Å². The van der Waals surface area contributed by atoms with Crippen molar-refractivity contribution in [1.29, 1.82) is 0 Å². The molecule has 0 radical (unpaired) electrons. The van der Waals surface area contributed by atoms with Crippen LogP contribution in [0.25, 0.3) is 0 Å². The van der Waals surface area contributed by atoms with E-state index in [9.17, 15) is 4.79 Å². The van der Waals surface area contributed by atoms with Crippen molar-refractivity contribution in [2.45, 2.75) is 32.6 Å². The third-order valence-electron chi connectivity index (χ3n) is 3.64. The molecule has 1 unspecified atom stereocenters. The van der Waals surface area contributed by atoms with E-state index in [-0.39, 0.29) is 5.92 Å². The number of hydrogen-bond acceptors (Lipinski definition) is 4. The van der Waals surface area contributed by atoms with Crippen molar-refractivity contribution < 1.29 is 4.79 Å². The Hall–Kier alpha value is -0.650. The molecule has 0 saturated carbocycles. The molecule has 0 saturated heterocycles. The van der Waals surface area contributed by atoms with Crippen molar-refractivity contribution in [2.75, 3.05) is 60.9 Å². The average Bonchev–Trinajstić information content (AvgIpc) is 2.41. The van der Waals surface area contributed by atoms with Crippen LogP contribution in [0.1, 0.15) is 32.6 Å². The number of carbonyl (C=O) groups excluding carboxylic acids is 1. The highest BCUT2D eigenvalue weighted by Gasteiger charge is 2.19. The largest absolute Gasteiger partial charge is 0.342 e. The predicted molar refractivity (Wildman–Crippen MR) is 90.4 cm³/mol. The second kappa shape index (κ2) is 12.0. The van der Waals surface area contributed by atoms with Gasteiger partial charge in [-0.05, 0) is 73.5 Å². The van der Waals surface area contributed by atoms with Crippen molar-refractivity contribution >= 4 is 5.91 Å². The molecule has 0 aliphatic rings. The highest BCUT2D eigenvalue weighted by molar-refractivity contribution is 5.78. The molecule has 1 atom stereocenters. The lowest BCUT2D eigenvalue weighted by Gasteiger charge is -2.27. The van der Waals surface area contributed by atoms with E-state index in [1.807, 2.05) is 11.8 Å². The summed E-state index contributed by atoms with van der Waals surface area (Å²) in [5.74, 6) is 0.383. The third kappa shape index (κ3) is 10.7. The van der Waals surface area contributed by atoms with Gasteiger partial charge in [0, 0.05) is 19.0 Å². The maximum Gasteiger partial charge on any atom is 0.225 e. The molecule has 1 amide bonds. The Bertz CT molecular complexity index is 255. The molecule has 0 aliphatic heterocycles. The lowest BCUT2D eigenvalue weighted by atomic mass is 10.0. The third-order valence-corrected chi connectivity index (χ3v) is 3.64. The second-order valence-corrected chi connectivity index (χ2v) is 6.47. The van der Waals surface area contributed by atoms with Crippen LogP contribution in [-0.4, -0.2) is 81.5 Å². The van der Waals surface area contributed by atoms with Gasteiger partial charge in [-0.3, -0.25) is 4.79 Å². The molecule has 0 rings (SSSR count). The van der Waals surface area contributed by atoms with Gasteiger partial charge in [-0.1, -0.05) is 6.92 Å². The first-order valence-corrected chi connectivity index (χ1v) is 8.16. The Balaban J connectivity index is 4.35. The zero-order chi connectivity index (χ0) is 16.3. The number of carbonyl (C=O) groups is 1.